The molecule has 4 nitrogen and oxygen atoms in total. The third-order valence-electron chi connectivity index (χ3n) is 4.73. The molecule has 4 heteroatoms. The first kappa shape index (κ1) is 15.5. The fraction of sp³-hybridized carbons (Fsp3) is 0.368. The normalized spacial score (nSPS) is 16.2. The van der Waals surface area contributed by atoms with Gasteiger partial charge in [0.2, 0.25) is 0 Å². The third kappa shape index (κ3) is 3.36. The lowest BCUT2D eigenvalue weighted by molar-refractivity contribution is 0.0912. The number of carbonyl (C=O) groups is 1. The first-order chi connectivity index (χ1) is 11.2. The Morgan fingerprint density at radius 3 is 2.48 bits per heavy atom. The molecule has 1 aromatic carbocycles. The maximum Gasteiger partial charge on any atom is 0.268 e. The Hall–Kier alpha value is -2.36. The maximum atomic E-state index is 12.7. The number of pyridine rings is 1. The second-order valence-corrected chi connectivity index (χ2v) is 6.21. The van der Waals surface area contributed by atoms with Gasteiger partial charge in [0.25, 0.3) is 11.5 Å². The fourth-order valence-corrected chi connectivity index (χ4v) is 3.43. The average Bonchev–Trinajstić information content (AvgIpc) is 3.10. The standard InChI is InChI=1S/C19H22N2O2/c1-21-16(12-7-13-17(21)22)19(23)20-18(15-10-5-6-11-15)14-8-3-2-4-9-14/h2-4,7-9,12-13,15,18H,5-6,10-11H2,1H3,(H,20,23)/t18-/m1/s1. The van der Waals surface area contributed by atoms with Gasteiger partial charge in [0, 0.05) is 13.1 Å². The van der Waals surface area contributed by atoms with Crippen LogP contribution in [0.15, 0.2) is 53.3 Å². The molecule has 0 bridgehead atoms. The summed E-state index contributed by atoms with van der Waals surface area (Å²) in [6.07, 6.45) is 4.70. The van der Waals surface area contributed by atoms with Crippen LogP contribution in [0.1, 0.15) is 47.8 Å². The van der Waals surface area contributed by atoms with Gasteiger partial charge < -0.3 is 9.88 Å². The second-order valence-electron chi connectivity index (χ2n) is 6.21. The average molecular weight is 310 g/mol. The van der Waals surface area contributed by atoms with Gasteiger partial charge in [-0.3, -0.25) is 9.59 Å². The fourth-order valence-electron chi connectivity index (χ4n) is 3.43. The Balaban J connectivity index is 1.87. The van der Waals surface area contributed by atoms with E-state index in [0.29, 0.717) is 11.6 Å². The Morgan fingerprint density at radius 2 is 1.78 bits per heavy atom. The molecule has 1 fully saturated rings. The van der Waals surface area contributed by atoms with Gasteiger partial charge in [-0.15, -0.1) is 0 Å². The number of nitrogens with one attached hydrogen (secondary N) is 1. The van der Waals surface area contributed by atoms with Crippen LogP contribution in [0.25, 0.3) is 0 Å². The van der Waals surface area contributed by atoms with Crippen molar-refractivity contribution < 1.29 is 4.79 Å². The molecule has 1 N–H and O–H groups in total. The molecule has 1 aliphatic rings. The highest BCUT2D eigenvalue weighted by molar-refractivity contribution is 5.92. The van der Waals surface area contributed by atoms with Crippen molar-refractivity contribution >= 4 is 5.91 Å². The van der Waals surface area contributed by atoms with Crippen molar-refractivity contribution in [3.05, 3.63) is 70.1 Å². The monoisotopic (exact) mass is 310 g/mol. The van der Waals surface area contributed by atoms with Crippen LogP contribution in [-0.2, 0) is 7.05 Å². The first-order valence-electron chi connectivity index (χ1n) is 8.18. The van der Waals surface area contributed by atoms with Gasteiger partial charge in [-0.2, -0.15) is 0 Å². The summed E-state index contributed by atoms with van der Waals surface area (Å²) >= 11 is 0. The summed E-state index contributed by atoms with van der Waals surface area (Å²) in [4.78, 5) is 24.4. The number of aromatic nitrogens is 1. The van der Waals surface area contributed by atoms with Crippen LogP contribution in [0.4, 0.5) is 0 Å². The summed E-state index contributed by atoms with van der Waals surface area (Å²) < 4.78 is 1.39. The molecule has 0 aliphatic heterocycles. The topological polar surface area (TPSA) is 51.1 Å². The van der Waals surface area contributed by atoms with E-state index in [1.807, 2.05) is 18.2 Å². The van der Waals surface area contributed by atoms with Crippen molar-refractivity contribution in [2.24, 2.45) is 13.0 Å². The number of hydrogen-bond donors (Lipinski definition) is 1. The van der Waals surface area contributed by atoms with Gasteiger partial charge in [-0.25, -0.2) is 0 Å². The zero-order chi connectivity index (χ0) is 16.2. The number of amides is 1. The number of benzene rings is 1. The lowest BCUT2D eigenvalue weighted by atomic mass is 9.91. The zero-order valence-corrected chi connectivity index (χ0v) is 13.4. The molecule has 1 atom stereocenters. The number of nitrogens with zero attached hydrogens (tertiary/aromatic N) is 1. The van der Waals surface area contributed by atoms with Gasteiger partial charge in [0.15, 0.2) is 0 Å². The molecule has 0 saturated heterocycles. The van der Waals surface area contributed by atoms with E-state index in [2.05, 4.69) is 17.4 Å². The Kier molecular flexibility index (Phi) is 4.60. The van der Waals surface area contributed by atoms with Crippen molar-refractivity contribution in [1.82, 2.24) is 9.88 Å². The minimum Gasteiger partial charge on any atom is -0.344 e. The third-order valence-corrected chi connectivity index (χ3v) is 4.73. The van der Waals surface area contributed by atoms with Gasteiger partial charge in [-0.1, -0.05) is 49.2 Å². The van der Waals surface area contributed by atoms with Crippen LogP contribution in [0.2, 0.25) is 0 Å². The van der Waals surface area contributed by atoms with Crippen molar-refractivity contribution in [2.75, 3.05) is 0 Å². The lowest BCUT2D eigenvalue weighted by Gasteiger charge is -2.25. The summed E-state index contributed by atoms with van der Waals surface area (Å²) in [7, 11) is 1.63. The quantitative estimate of drug-likeness (QED) is 0.943. The number of rotatable bonds is 4. The number of carbonyl (C=O) groups excluding carboxylic acids is 1. The van der Waals surface area contributed by atoms with E-state index < -0.39 is 0 Å². The molecule has 0 radical (unpaired) electrons. The summed E-state index contributed by atoms with van der Waals surface area (Å²) in [6.45, 7) is 0. The molecule has 23 heavy (non-hydrogen) atoms. The number of hydrogen-bond acceptors (Lipinski definition) is 2. The van der Waals surface area contributed by atoms with Crippen LogP contribution in [0.3, 0.4) is 0 Å². The predicted molar refractivity (Wildman–Crippen MR) is 90.3 cm³/mol. The lowest BCUT2D eigenvalue weighted by Crippen LogP contribution is -2.35. The van der Waals surface area contributed by atoms with Crippen LogP contribution in [0, 0.1) is 5.92 Å². The van der Waals surface area contributed by atoms with E-state index in [0.717, 1.165) is 18.4 Å². The molecule has 1 aromatic heterocycles. The molecule has 1 saturated carbocycles. The molecule has 1 heterocycles. The second kappa shape index (κ2) is 6.82. The SMILES string of the molecule is Cn1c(C(=O)N[C@H](c2ccccc2)C2CCCC2)cccc1=O. The van der Waals surface area contributed by atoms with E-state index in [1.54, 1.807) is 19.2 Å². The van der Waals surface area contributed by atoms with E-state index in [1.165, 1.54) is 23.5 Å². The van der Waals surface area contributed by atoms with E-state index in [-0.39, 0.29) is 17.5 Å². The smallest absolute Gasteiger partial charge is 0.268 e. The van der Waals surface area contributed by atoms with Crippen LogP contribution >= 0.6 is 0 Å². The minimum atomic E-state index is -0.189. The Labute approximate surface area is 136 Å². The molecular weight excluding hydrogens is 288 g/mol. The highest BCUT2D eigenvalue weighted by atomic mass is 16.2. The first-order valence-corrected chi connectivity index (χ1v) is 8.18. The van der Waals surface area contributed by atoms with Crippen LogP contribution < -0.4 is 10.9 Å². The van der Waals surface area contributed by atoms with Crippen molar-refractivity contribution in [2.45, 2.75) is 31.7 Å². The highest BCUT2D eigenvalue weighted by Gasteiger charge is 2.28. The Bertz CT molecular complexity index is 731. The van der Waals surface area contributed by atoms with Gasteiger partial charge >= 0.3 is 0 Å². The molecular formula is C19H22N2O2. The summed E-state index contributed by atoms with van der Waals surface area (Å²) in [5, 5.41) is 3.16. The maximum absolute atomic E-state index is 12.7. The Morgan fingerprint density at radius 1 is 1.09 bits per heavy atom. The summed E-state index contributed by atoms with van der Waals surface area (Å²) in [5.74, 6) is 0.271. The zero-order valence-electron chi connectivity index (χ0n) is 13.4. The van der Waals surface area contributed by atoms with E-state index >= 15 is 0 Å². The van der Waals surface area contributed by atoms with Crippen LogP contribution in [0.5, 0.6) is 0 Å². The summed E-state index contributed by atoms with van der Waals surface area (Å²) in [6, 6.07) is 14.9. The van der Waals surface area contributed by atoms with Crippen molar-refractivity contribution in [3.8, 4) is 0 Å². The van der Waals surface area contributed by atoms with E-state index in [4.69, 9.17) is 0 Å². The molecule has 2 aromatic rings. The van der Waals surface area contributed by atoms with Gasteiger partial charge in [0.1, 0.15) is 5.69 Å². The van der Waals surface area contributed by atoms with Crippen molar-refractivity contribution in [3.63, 3.8) is 0 Å². The highest BCUT2D eigenvalue weighted by Crippen LogP contribution is 2.35. The molecule has 3 rings (SSSR count). The van der Waals surface area contributed by atoms with Gasteiger partial charge in [0.05, 0.1) is 6.04 Å². The molecule has 0 spiro atoms. The van der Waals surface area contributed by atoms with Crippen molar-refractivity contribution in [1.29, 1.82) is 0 Å². The van der Waals surface area contributed by atoms with Crippen LogP contribution in [-0.4, -0.2) is 10.5 Å². The molecule has 1 aliphatic carbocycles. The molecule has 1 amide bonds. The summed E-state index contributed by atoms with van der Waals surface area (Å²) in [5.41, 5.74) is 1.36. The molecule has 120 valence electrons. The largest absolute Gasteiger partial charge is 0.344 e. The minimum absolute atomic E-state index is 0.00140. The predicted octanol–water partition coefficient (Wildman–Crippen LogP) is 3.05. The van der Waals surface area contributed by atoms with E-state index in [9.17, 15) is 9.59 Å². The molecule has 0 unspecified atom stereocenters. The van der Waals surface area contributed by atoms with Gasteiger partial charge in [-0.05, 0) is 30.4 Å².